The lowest BCUT2D eigenvalue weighted by atomic mass is 10.0. The van der Waals surface area contributed by atoms with Crippen molar-refractivity contribution in [2.75, 3.05) is 17.1 Å². The molecule has 0 spiro atoms. The Bertz CT molecular complexity index is 1450. The quantitative estimate of drug-likeness (QED) is 0.267. The van der Waals surface area contributed by atoms with Crippen LogP contribution in [0.25, 0.3) is 0 Å². The van der Waals surface area contributed by atoms with Crippen molar-refractivity contribution in [3.8, 4) is 0 Å². The molecule has 3 aromatic carbocycles. The summed E-state index contributed by atoms with van der Waals surface area (Å²) in [6.45, 7) is 0.196. The smallest absolute Gasteiger partial charge is 0.243 e. The minimum absolute atomic E-state index is 0.00970. The Kier molecular flexibility index (Phi) is 11.0. The fourth-order valence-corrected chi connectivity index (χ4v) is 6.54. The summed E-state index contributed by atoms with van der Waals surface area (Å²) < 4.78 is 39.7. The van der Waals surface area contributed by atoms with E-state index in [9.17, 15) is 22.4 Å². The van der Waals surface area contributed by atoms with Crippen LogP contribution in [0.2, 0.25) is 5.02 Å². The molecule has 0 radical (unpaired) electrons. The maximum atomic E-state index is 13.9. The van der Waals surface area contributed by atoms with Gasteiger partial charge in [-0.3, -0.25) is 13.9 Å². The molecule has 0 heterocycles. The summed E-state index contributed by atoms with van der Waals surface area (Å²) in [5.41, 5.74) is 2.03. The van der Waals surface area contributed by atoms with Gasteiger partial charge in [0.1, 0.15) is 11.9 Å². The highest BCUT2D eigenvalue weighted by molar-refractivity contribution is 7.92. The van der Waals surface area contributed by atoms with Crippen molar-refractivity contribution in [2.24, 2.45) is 0 Å². The number of amides is 2. The van der Waals surface area contributed by atoms with Crippen LogP contribution in [0.4, 0.5) is 10.1 Å². The van der Waals surface area contributed by atoms with Crippen LogP contribution < -0.4 is 9.62 Å². The number of rotatable bonds is 13. The zero-order valence-corrected chi connectivity index (χ0v) is 25.3. The molecule has 1 aliphatic rings. The van der Waals surface area contributed by atoms with Crippen LogP contribution in [-0.2, 0) is 32.6 Å². The molecule has 1 aliphatic carbocycles. The Morgan fingerprint density at radius 2 is 1.64 bits per heavy atom. The maximum Gasteiger partial charge on any atom is 0.243 e. The van der Waals surface area contributed by atoms with E-state index in [-0.39, 0.29) is 43.8 Å². The second-order valence-electron chi connectivity index (χ2n) is 10.8. The third-order valence-electron chi connectivity index (χ3n) is 7.48. The van der Waals surface area contributed by atoms with E-state index in [1.54, 1.807) is 23.1 Å². The molecular weight excluding hydrogens is 577 g/mol. The van der Waals surface area contributed by atoms with Gasteiger partial charge in [-0.25, -0.2) is 12.8 Å². The van der Waals surface area contributed by atoms with Crippen LogP contribution in [0, 0.1) is 5.82 Å². The maximum absolute atomic E-state index is 13.9. The van der Waals surface area contributed by atoms with Gasteiger partial charge in [0.2, 0.25) is 21.8 Å². The third-order valence-corrected chi connectivity index (χ3v) is 8.91. The molecule has 42 heavy (non-hydrogen) atoms. The van der Waals surface area contributed by atoms with Crippen LogP contribution in [0.3, 0.4) is 0 Å². The molecule has 1 N–H and O–H groups in total. The van der Waals surface area contributed by atoms with Gasteiger partial charge in [-0.2, -0.15) is 0 Å². The van der Waals surface area contributed by atoms with Crippen molar-refractivity contribution in [1.82, 2.24) is 10.2 Å². The minimum Gasteiger partial charge on any atom is -0.352 e. The lowest BCUT2D eigenvalue weighted by Crippen LogP contribution is -2.52. The molecule has 7 nitrogen and oxygen atoms in total. The van der Waals surface area contributed by atoms with Crippen LogP contribution in [-0.4, -0.2) is 50.0 Å². The molecule has 10 heteroatoms. The SMILES string of the molecule is CS(=O)(=O)N(CCCC(=O)N(Cc1cccc(Cl)c1)[C@@H](Cc1ccccc1)C(=O)NC1CCCC1)c1ccc(F)cc1. The van der Waals surface area contributed by atoms with Gasteiger partial charge >= 0.3 is 0 Å². The fraction of sp³-hybridized carbons (Fsp3) is 0.375. The average Bonchev–Trinajstić information content (AvgIpc) is 3.46. The first-order valence-corrected chi connectivity index (χ1v) is 16.4. The number of carbonyl (C=O) groups excluding carboxylic acids is 2. The summed E-state index contributed by atoms with van der Waals surface area (Å²) >= 11 is 6.25. The van der Waals surface area contributed by atoms with E-state index in [0.717, 1.165) is 47.4 Å². The van der Waals surface area contributed by atoms with Crippen LogP contribution >= 0.6 is 11.6 Å². The van der Waals surface area contributed by atoms with Gasteiger partial charge in [0.15, 0.2) is 0 Å². The number of hydrogen-bond acceptors (Lipinski definition) is 4. The number of nitrogens with one attached hydrogen (secondary N) is 1. The number of nitrogens with zero attached hydrogens (tertiary/aromatic N) is 2. The third kappa shape index (κ3) is 9.03. The Labute approximate surface area is 252 Å². The Hall–Kier alpha value is -3.43. The molecule has 0 bridgehead atoms. The van der Waals surface area contributed by atoms with Gasteiger partial charge in [0.25, 0.3) is 0 Å². The van der Waals surface area contributed by atoms with Gasteiger partial charge in [-0.05, 0) is 66.8 Å². The second-order valence-corrected chi connectivity index (χ2v) is 13.1. The first-order chi connectivity index (χ1) is 20.1. The van der Waals surface area contributed by atoms with Gasteiger partial charge in [-0.15, -0.1) is 0 Å². The summed E-state index contributed by atoms with van der Waals surface area (Å²) in [5, 5.41) is 3.70. The standard InChI is InChI=1S/C32H37ClFN3O4S/c1-42(40,41)37(29-18-16-27(34)17-19-29)20-8-15-31(38)36(23-25-11-7-12-26(33)21-25)30(22-24-9-3-2-4-10-24)32(39)35-28-13-5-6-14-28/h2-4,7,9-12,16-19,21,28,30H,5-6,8,13-15,20,22-23H2,1H3,(H,35,39)/t30-/m0/s1. The van der Waals surface area contributed by atoms with E-state index in [0.29, 0.717) is 17.1 Å². The Balaban J connectivity index is 1.58. The lowest BCUT2D eigenvalue weighted by Gasteiger charge is -2.33. The second kappa shape index (κ2) is 14.6. The van der Waals surface area contributed by atoms with Crippen molar-refractivity contribution in [3.63, 3.8) is 0 Å². The number of hydrogen-bond donors (Lipinski definition) is 1. The van der Waals surface area contributed by atoms with Gasteiger partial charge in [0.05, 0.1) is 11.9 Å². The number of halogens is 2. The van der Waals surface area contributed by atoms with Crippen molar-refractivity contribution in [1.29, 1.82) is 0 Å². The molecule has 224 valence electrons. The molecule has 1 fully saturated rings. The van der Waals surface area contributed by atoms with E-state index >= 15 is 0 Å². The summed E-state index contributed by atoms with van der Waals surface area (Å²) in [6, 6.07) is 21.3. The highest BCUT2D eigenvalue weighted by Crippen LogP contribution is 2.23. The van der Waals surface area contributed by atoms with E-state index in [1.165, 1.54) is 24.3 Å². The molecule has 0 unspecified atom stereocenters. The normalized spacial score (nSPS) is 14.4. The Morgan fingerprint density at radius 3 is 2.29 bits per heavy atom. The predicted octanol–water partition coefficient (Wildman–Crippen LogP) is 5.72. The molecular formula is C32H37ClFN3O4S. The van der Waals surface area contributed by atoms with E-state index < -0.39 is 21.9 Å². The van der Waals surface area contributed by atoms with Gasteiger partial charge in [-0.1, -0.05) is 66.9 Å². The van der Waals surface area contributed by atoms with E-state index in [4.69, 9.17) is 11.6 Å². The summed E-state index contributed by atoms with van der Waals surface area (Å²) in [4.78, 5) is 29.3. The van der Waals surface area contributed by atoms with E-state index in [2.05, 4.69) is 5.32 Å². The number of anilines is 1. The monoisotopic (exact) mass is 613 g/mol. The van der Waals surface area contributed by atoms with E-state index in [1.807, 2.05) is 36.4 Å². The first-order valence-electron chi connectivity index (χ1n) is 14.2. The predicted molar refractivity (Wildman–Crippen MR) is 164 cm³/mol. The van der Waals surface area contributed by atoms with Crippen LogP contribution in [0.15, 0.2) is 78.9 Å². The zero-order chi connectivity index (χ0) is 30.1. The highest BCUT2D eigenvalue weighted by atomic mass is 35.5. The summed E-state index contributed by atoms with van der Waals surface area (Å²) in [7, 11) is -3.68. The van der Waals surface area contributed by atoms with Gasteiger partial charge < -0.3 is 10.2 Å². The van der Waals surface area contributed by atoms with Crippen LogP contribution in [0.5, 0.6) is 0 Å². The van der Waals surface area contributed by atoms with Crippen molar-refractivity contribution < 1.29 is 22.4 Å². The van der Waals surface area contributed by atoms with Crippen molar-refractivity contribution >= 4 is 39.1 Å². The molecule has 3 aromatic rings. The lowest BCUT2D eigenvalue weighted by molar-refractivity contribution is -0.141. The molecule has 4 rings (SSSR count). The van der Waals surface area contributed by atoms with Crippen molar-refractivity contribution in [3.05, 3.63) is 101 Å². The molecule has 0 aliphatic heterocycles. The number of carbonyl (C=O) groups is 2. The number of benzene rings is 3. The fourth-order valence-electron chi connectivity index (χ4n) is 5.36. The molecule has 1 atom stereocenters. The first kappa shape index (κ1) is 31.5. The molecule has 2 amide bonds. The molecule has 0 saturated heterocycles. The van der Waals surface area contributed by atoms with Crippen LogP contribution in [0.1, 0.15) is 49.7 Å². The molecule has 1 saturated carbocycles. The zero-order valence-electron chi connectivity index (χ0n) is 23.7. The average molecular weight is 614 g/mol. The summed E-state index contributed by atoms with van der Waals surface area (Å²) in [6.07, 6.45) is 5.57. The Morgan fingerprint density at radius 1 is 0.976 bits per heavy atom. The number of sulfonamides is 1. The van der Waals surface area contributed by atoms with Gasteiger partial charge in [0, 0.05) is 37.0 Å². The highest BCUT2D eigenvalue weighted by Gasteiger charge is 2.32. The summed E-state index contributed by atoms with van der Waals surface area (Å²) in [5.74, 6) is -0.949. The molecule has 0 aromatic heterocycles. The topological polar surface area (TPSA) is 86.8 Å². The largest absolute Gasteiger partial charge is 0.352 e. The van der Waals surface area contributed by atoms with Crippen molar-refractivity contribution in [2.45, 2.75) is 63.6 Å². The minimum atomic E-state index is -3.68.